The Morgan fingerprint density at radius 3 is 1.72 bits per heavy atom. The third-order valence-corrected chi connectivity index (χ3v) is 12.2. The minimum absolute atomic E-state index is 0.621. The van der Waals surface area contributed by atoms with E-state index in [1.165, 1.54) is 37.9 Å². The maximum absolute atomic E-state index is 6.40. The standard InChI is InChI=1S/C52H30N4OS/c1-2-12-32(13-3-1)49-54-50(35-16-10-15-33(27-35)44-28-34-14-5-6-17-38(34)40-19-8-9-20-41(40)44)56-51(55-49)36-21-24-42-43-25-22-37(30-47(43)58-46(42)29-36)52-53-45-26-23-31-11-4-7-18-39(31)48(45)57-52/h1-30H. The highest BCUT2D eigenvalue weighted by Gasteiger charge is 2.17. The van der Waals surface area contributed by atoms with E-state index in [0.29, 0.717) is 23.4 Å². The molecule has 0 bridgehead atoms. The second kappa shape index (κ2) is 13.0. The van der Waals surface area contributed by atoms with E-state index in [2.05, 4.69) is 133 Å². The first kappa shape index (κ1) is 32.7. The average Bonchev–Trinajstić information content (AvgIpc) is 3.91. The Kier molecular flexibility index (Phi) is 7.33. The third kappa shape index (κ3) is 5.38. The maximum Gasteiger partial charge on any atom is 0.227 e. The molecule has 9 aromatic carbocycles. The molecule has 6 heteroatoms. The van der Waals surface area contributed by atoms with Crippen LogP contribution < -0.4 is 0 Å². The van der Waals surface area contributed by atoms with Gasteiger partial charge in [-0.2, -0.15) is 0 Å². The van der Waals surface area contributed by atoms with Crippen molar-refractivity contribution < 1.29 is 4.42 Å². The number of oxazole rings is 1. The summed E-state index contributed by atoms with van der Waals surface area (Å²) < 4.78 is 8.72. The Morgan fingerprint density at radius 2 is 0.931 bits per heavy atom. The van der Waals surface area contributed by atoms with Gasteiger partial charge in [-0.1, -0.05) is 146 Å². The molecule has 5 nitrogen and oxygen atoms in total. The van der Waals surface area contributed by atoms with Crippen molar-refractivity contribution in [1.29, 1.82) is 0 Å². The number of hydrogen-bond acceptors (Lipinski definition) is 6. The Hall–Kier alpha value is -7.54. The first-order valence-electron chi connectivity index (χ1n) is 19.3. The largest absolute Gasteiger partial charge is 0.435 e. The van der Waals surface area contributed by atoms with Crippen LogP contribution in [-0.4, -0.2) is 19.9 Å². The van der Waals surface area contributed by atoms with Gasteiger partial charge in [0, 0.05) is 47.8 Å². The molecule has 0 aliphatic rings. The summed E-state index contributed by atoms with van der Waals surface area (Å²) in [5.41, 5.74) is 7.71. The zero-order valence-corrected chi connectivity index (χ0v) is 31.7. The molecule has 0 N–H and O–H groups in total. The second-order valence-corrected chi connectivity index (χ2v) is 15.7. The van der Waals surface area contributed by atoms with Crippen molar-refractivity contribution in [3.63, 3.8) is 0 Å². The van der Waals surface area contributed by atoms with Gasteiger partial charge in [-0.15, -0.1) is 11.3 Å². The average molecular weight is 759 g/mol. The molecule has 0 aliphatic carbocycles. The first-order valence-corrected chi connectivity index (χ1v) is 20.1. The highest BCUT2D eigenvalue weighted by molar-refractivity contribution is 7.25. The summed E-state index contributed by atoms with van der Waals surface area (Å²) in [6, 6.07) is 63.6. The van der Waals surface area contributed by atoms with E-state index in [1.54, 1.807) is 11.3 Å². The van der Waals surface area contributed by atoms with Crippen molar-refractivity contribution >= 4 is 74.9 Å². The number of nitrogens with zero attached hydrogens (tertiary/aromatic N) is 4. The number of fused-ring (bicyclic) bond motifs is 9. The lowest BCUT2D eigenvalue weighted by atomic mass is 9.92. The summed E-state index contributed by atoms with van der Waals surface area (Å²) in [7, 11) is 0. The van der Waals surface area contributed by atoms with Crippen molar-refractivity contribution in [2.75, 3.05) is 0 Å². The molecule has 12 aromatic rings. The molecule has 0 saturated carbocycles. The Bertz CT molecular complexity index is 3590. The zero-order chi connectivity index (χ0) is 38.2. The summed E-state index contributed by atoms with van der Waals surface area (Å²) in [4.78, 5) is 20.2. The van der Waals surface area contributed by atoms with E-state index in [4.69, 9.17) is 24.4 Å². The fourth-order valence-corrected chi connectivity index (χ4v) is 9.48. The Morgan fingerprint density at radius 1 is 0.345 bits per heavy atom. The van der Waals surface area contributed by atoms with E-state index < -0.39 is 0 Å². The van der Waals surface area contributed by atoms with Crippen molar-refractivity contribution in [2.24, 2.45) is 0 Å². The molecule has 0 fully saturated rings. The molecule has 12 rings (SSSR count). The van der Waals surface area contributed by atoms with Crippen LogP contribution in [0.1, 0.15) is 0 Å². The molecular weight excluding hydrogens is 729 g/mol. The normalized spacial score (nSPS) is 11.8. The van der Waals surface area contributed by atoms with E-state index in [1.807, 2.05) is 48.5 Å². The number of thiophene rings is 1. The van der Waals surface area contributed by atoms with Crippen LogP contribution in [0, 0.1) is 0 Å². The molecule has 270 valence electrons. The summed E-state index contributed by atoms with van der Waals surface area (Å²) >= 11 is 1.75. The smallest absolute Gasteiger partial charge is 0.227 e. The van der Waals surface area contributed by atoms with Crippen LogP contribution in [-0.2, 0) is 0 Å². The maximum atomic E-state index is 6.40. The monoisotopic (exact) mass is 758 g/mol. The third-order valence-electron chi connectivity index (χ3n) is 11.1. The van der Waals surface area contributed by atoms with Gasteiger partial charge in [0.2, 0.25) is 5.89 Å². The molecule has 0 unspecified atom stereocenters. The van der Waals surface area contributed by atoms with Gasteiger partial charge in [-0.3, -0.25) is 0 Å². The lowest BCUT2D eigenvalue weighted by molar-refractivity contribution is 0.623. The topological polar surface area (TPSA) is 64.7 Å². The molecule has 0 spiro atoms. The van der Waals surface area contributed by atoms with Gasteiger partial charge in [0.15, 0.2) is 23.1 Å². The van der Waals surface area contributed by atoms with Gasteiger partial charge < -0.3 is 4.42 Å². The minimum Gasteiger partial charge on any atom is -0.435 e. The molecular formula is C52H30N4OS. The molecule has 0 radical (unpaired) electrons. The summed E-state index contributed by atoms with van der Waals surface area (Å²) in [6.45, 7) is 0. The van der Waals surface area contributed by atoms with Crippen molar-refractivity contribution in [3.05, 3.63) is 182 Å². The fraction of sp³-hybridized carbons (Fsp3) is 0. The minimum atomic E-state index is 0.621. The van der Waals surface area contributed by atoms with Crippen LogP contribution in [0.15, 0.2) is 186 Å². The van der Waals surface area contributed by atoms with Gasteiger partial charge in [-0.05, 0) is 74.5 Å². The van der Waals surface area contributed by atoms with E-state index in [9.17, 15) is 0 Å². The van der Waals surface area contributed by atoms with Gasteiger partial charge in [0.1, 0.15) is 5.52 Å². The quantitative estimate of drug-likeness (QED) is 0.164. The molecule has 0 aliphatic heterocycles. The van der Waals surface area contributed by atoms with Gasteiger partial charge in [-0.25, -0.2) is 19.9 Å². The Balaban J connectivity index is 0.965. The zero-order valence-electron chi connectivity index (χ0n) is 30.9. The van der Waals surface area contributed by atoms with E-state index in [0.717, 1.165) is 59.1 Å². The summed E-state index contributed by atoms with van der Waals surface area (Å²) in [5, 5.41) is 9.50. The number of aromatic nitrogens is 4. The molecule has 3 aromatic heterocycles. The predicted molar refractivity (Wildman–Crippen MR) is 240 cm³/mol. The molecule has 58 heavy (non-hydrogen) atoms. The van der Waals surface area contributed by atoms with Gasteiger partial charge in [0.05, 0.1) is 0 Å². The van der Waals surface area contributed by atoms with Gasteiger partial charge in [0.25, 0.3) is 0 Å². The molecule has 3 heterocycles. The highest BCUT2D eigenvalue weighted by Crippen LogP contribution is 2.40. The molecule has 0 saturated heterocycles. The lowest BCUT2D eigenvalue weighted by Crippen LogP contribution is -2.00. The number of hydrogen-bond donors (Lipinski definition) is 0. The molecule has 0 atom stereocenters. The van der Waals surface area contributed by atoms with Crippen LogP contribution in [0.2, 0.25) is 0 Å². The summed E-state index contributed by atoms with van der Waals surface area (Å²) in [5.74, 6) is 2.51. The van der Waals surface area contributed by atoms with Crippen molar-refractivity contribution in [1.82, 2.24) is 19.9 Å². The van der Waals surface area contributed by atoms with Crippen LogP contribution in [0.3, 0.4) is 0 Å². The predicted octanol–water partition coefficient (Wildman–Crippen LogP) is 14.2. The van der Waals surface area contributed by atoms with Crippen LogP contribution in [0.4, 0.5) is 0 Å². The number of rotatable bonds is 5. The fourth-order valence-electron chi connectivity index (χ4n) is 8.30. The van der Waals surface area contributed by atoms with Crippen LogP contribution in [0.5, 0.6) is 0 Å². The van der Waals surface area contributed by atoms with Crippen molar-refractivity contribution in [3.8, 4) is 56.7 Å². The molecule has 0 amide bonds. The van der Waals surface area contributed by atoms with E-state index in [-0.39, 0.29) is 0 Å². The second-order valence-electron chi connectivity index (χ2n) is 14.6. The SMILES string of the molecule is c1ccc(-c2nc(-c3cccc(-c4cc5ccccc5c5ccccc45)c3)nc(-c3ccc4c(c3)sc3cc(-c5nc6ccc7ccccc7c6o5)ccc34)n2)cc1. The van der Waals surface area contributed by atoms with Crippen LogP contribution >= 0.6 is 11.3 Å². The summed E-state index contributed by atoms with van der Waals surface area (Å²) in [6.07, 6.45) is 0. The van der Waals surface area contributed by atoms with Gasteiger partial charge >= 0.3 is 0 Å². The van der Waals surface area contributed by atoms with Crippen molar-refractivity contribution in [2.45, 2.75) is 0 Å². The lowest BCUT2D eigenvalue weighted by Gasteiger charge is -2.13. The number of benzene rings is 9. The van der Waals surface area contributed by atoms with E-state index >= 15 is 0 Å². The van der Waals surface area contributed by atoms with Crippen LogP contribution in [0.25, 0.3) is 120 Å². The Labute approximate surface area is 336 Å². The highest BCUT2D eigenvalue weighted by atomic mass is 32.1. The first-order chi connectivity index (χ1) is 28.7.